The van der Waals surface area contributed by atoms with Gasteiger partial charge in [0.15, 0.2) is 0 Å². The zero-order valence-corrected chi connectivity index (χ0v) is 15.8. The van der Waals surface area contributed by atoms with Crippen molar-refractivity contribution in [3.63, 3.8) is 0 Å². The molecule has 0 rings (SSSR count). The van der Waals surface area contributed by atoms with Gasteiger partial charge < -0.3 is 20.9 Å². The fraction of sp³-hybridized carbons (Fsp3) is 0.750. The minimum Gasteiger partial charge on any atom is -0.480 e. The first kappa shape index (κ1) is 23.4. The zero-order chi connectivity index (χ0) is 19.6. The maximum atomic E-state index is 12.0. The van der Waals surface area contributed by atoms with Gasteiger partial charge in [-0.05, 0) is 11.8 Å². The number of amides is 1. The lowest BCUT2D eigenvalue weighted by atomic mass is 9.99. The van der Waals surface area contributed by atoms with E-state index in [1.54, 1.807) is 0 Å². The normalized spacial score (nSPS) is 13.6. The first-order valence-corrected chi connectivity index (χ1v) is 8.63. The van der Waals surface area contributed by atoms with Crippen molar-refractivity contribution in [2.75, 3.05) is 18.9 Å². The van der Waals surface area contributed by atoms with Crippen molar-refractivity contribution in [3.05, 3.63) is 0 Å². The van der Waals surface area contributed by atoms with Crippen molar-refractivity contribution >= 4 is 36.3 Å². The Hall–Kier alpha value is -1.61. The van der Waals surface area contributed by atoms with Gasteiger partial charge in [0.05, 0.1) is 12.5 Å². The summed E-state index contributed by atoms with van der Waals surface area (Å²) in [5.74, 6) is -3.06. The van der Waals surface area contributed by atoms with Gasteiger partial charge in [-0.25, -0.2) is 0 Å². The predicted octanol–water partition coefficient (Wildman–Crippen LogP) is 0.389. The summed E-state index contributed by atoms with van der Waals surface area (Å²) in [6.07, 6.45) is -0.106. The maximum Gasteiger partial charge on any atom is 0.325 e. The van der Waals surface area contributed by atoms with Crippen LogP contribution >= 0.6 is 12.6 Å². The fourth-order valence-electron chi connectivity index (χ4n) is 1.71. The van der Waals surface area contributed by atoms with E-state index in [1.807, 2.05) is 20.8 Å². The van der Waals surface area contributed by atoms with Gasteiger partial charge in [-0.3, -0.25) is 19.2 Å². The number of carboxylic acid groups (broad SMARTS) is 1. The summed E-state index contributed by atoms with van der Waals surface area (Å²) in [4.78, 5) is 46.0. The van der Waals surface area contributed by atoms with Gasteiger partial charge in [0.1, 0.15) is 18.4 Å². The first-order chi connectivity index (χ1) is 11.5. The number of nitrogens with one attached hydrogen (secondary N) is 1. The Balaban J connectivity index is 4.27. The number of aliphatic carboxylic acids is 1. The predicted molar refractivity (Wildman–Crippen MR) is 95.2 cm³/mol. The van der Waals surface area contributed by atoms with Crippen LogP contribution in [-0.2, 0) is 23.9 Å². The van der Waals surface area contributed by atoms with Crippen molar-refractivity contribution in [1.29, 1.82) is 0 Å². The summed E-state index contributed by atoms with van der Waals surface area (Å²) < 4.78 is 5.03. The third-order valence-corrected chi connectivity index (χ3v) is 3.63. The summed E-state index contributed by atoms with van der Waals surface area (Å²) >= 11 is 4.05. The number of hydrogen-bond donors (Lipinski definition) is 4. The average Bonchev–Trinajstić information content (AvgIpc) is 2.52. The van der Waals surface area contributed by atoms with Gasteiger partial charge in [0.25, 0.3) is 0 Å². The summed E-state index contributed by atoms with van der Waals surface area (Å²) in [5, 5.41) is 11.1. The van der Waals surface area contributed by atoms with E-state index in [0.29, 0.717) is 0 Å². The molecule has 2 atom stereocenters. The van der Waals surface area contributed by atoms with Crippen molar-refractivity contribution in [2.24, 2.45) is 17.1 Å². The highest BCUT2D eigenvalue weighted by Gasteiger charge is 2.22. The number of Topliss-reactive ketones (excluding diaryl/α,β-unsaturated/α-hetero) is 1. The van der Waals surface area contributed by atoms with E-state index >= 15 is 0 Å². The number of carbonyl (C=O) groups excluding carboxylic acids is 3. The number of rotatable bonds is 11. The lowest BCUT2D eigenvalue weighted by molar-refractivity contribution is -0.146. The summed E-state index contributed by atoms with van der Waals surface area (Å²) in [6.45, 7) is 5.70. The SMILES string of the molecule is CC(C)(C)COC(=O)CNC(=O)[C@H](CS)CC(=O)CC[C@H](N)C(=O)O. The van der Waals surface area contributed by atoms with E-state index in [9.17, 15) is 19.2 Å². The molecule has 0 radical (unpaired) electrons. The molecule has 0 spiro atoms. The number of esters is 1. The van der Waals surface area contributed by atoms with E-state index in [4.69, 9.17) is 15.6 Å². The van der Waals surface area contributed by atoms with Crippen molar-refractivity contribution in [3.8, 4) is 0 Å². The number of ketones is 1. The third kappa shape index (κ3) is 11.5. The van der Waals surface area contributed by atoms with Crippen LogP contribution in [0, 0.1) is 11.3 Å². The summed E-state index contributed by atoms with van der Waals surface area (Å²) in [6, 6.07) is -1.11. The molecule has 0 fully saturated rings. The number of hydrogen-bond acceptors (Lipinski definition) is 7. The molecule has 0 aromatic carbocycles. The lowest BCUT2D eigenvalue weighted by Gasteiger charge is -2.18. The molecule has 0 bridgehead atoms. The van der Waals surface area contributed by atoms with Crippen molar-refractivity contribution in [2.45, 2.75) is 46.1 Å². The molecule has 144 valence electrons. The Labute approximate surface area is 153 Å². The third-order valence-electron chi connectivity index (χ3n) is 3.19. The fourth-order valence-corrected chi connectivity index (χ4v) is 2.00. The van der Waals surface area contributed by atoms with E-state index < -0.39 is 29.8 Å². The molecule has 4 N–H and O–H groups in total. The Morgan fingerprint density at radius 1 is 1.24 bits per heavy atom. The molecular weight excluding hydrogens is 348 g/mol. The standard InChI is InChI=1S/C16H28N2O6S/c1-16(2,3)9-24-13(20)7-18-14(21)10(8-25)6-11(19)4-5-12(17)15(22)23/h10,12,25H,4-9,17H2,1-3H3,(H,18,21)(H,22,23)/t10-,12-/m0/s1. The van der Waals surface area contributed by atoms with E-state index in [-0.39, 0.29) is 49.4 Å². The second-order valence-corrected chi connectivity index (χ2v) is 7.41. The first-order valence-electron chi connectivity index (χ1n) is 8.00. The van der Waals surface area contributed by atoms with Gasteiger partial charge in [-0.2, -0.15) is 12.6 Å². The van der Waals surface area contributed by atoms with Gasteiger partial charge >= 0.3 is 11.9 Å². The second-order valence-electron chi connectivity index (χ2n) is 7.04. The Morgan fingerprint density at radius 3 is 2.32 bits per heavy atom. The monoisotopic (exact) mass is 376 g/mol. The van der Waals surface area contributed by atoms with Crippen LogP contribution in [0.2, 0.25) is 0 Å². The number of ether oxygens (including phenoxy) is 1. The molecule has 8 nitrogen and oxygen atoms in total. The van der Waals surface area contributed by atoms with Crippen LogP contribution in [0.4, 0.5) is 0 Å². The smallest absolute Gasteiger partial charge is 0.325 e. The average molecular weight is 376 g/mol. The number of nitrogens with two attached hydrogens (primary N) is 1. The molecule has 0 aromatic rings. The molecule has 0 unspecified atom stereocenters. The molecule has 0 saturated heterocycles. The molecule has 0 aliphatic heterocycles. The van der Waals surface area contributed by atoms with E-state index in [1.165, 1.54) is 0 Å². The topological polar surface area (TPSA) is 136 Å². The Morgan fingerprint density at radius 2 is 1.84 bits per heavy atom. The Bertz CT molecular complexity index is 490. The molecule has 0 aromatic heterocycles. The molecule has 0 saturated carbocycles. The largest absolute Gasteiger partial charge is 0.480 e. The highest BCUT2D eigenvalue weighted by atomic mass is 32.1. The highest BCUT2D eigenvalue weighted by Crippen LogP contribution is 2.13. The van der Waals surface area contributed by atoms with Gasteiger partial charge in [-0.1, -0.05) is 20.8 Å². The van der Waals surface area contributed by atoms with Crippen LogP contribution in [-0.4, -0.2) is 53.7 Å². The number of carboxylic acids is 1. The molecule has 25 heavy (non-hydrogen) atoms. The lowest BCUT2D eigenvalue weighted by Crippen LogP contribution is -2.37. The summed E-state index contributed by atoms with van der Waals surface area (Å²) in [5.41, 5.74) is 5.16. The number of carbonyl (C=O) groups is 4. The Kier molecular flexibility index (Phi) is 10.4. The quantitative estimate of drug-likeness (QED) is 0.302. The van der Waals surface area contributed by atoms with Gasteiger partial charge in [0, 0.05) is 18.6 Å². The maximum absolute atomic E-state index is 12.0. The molecule has 0 aliphatic carbocycles. The number of thiol groups is 1. The summed E-state index contributed by atoms with van der Waals surface area (Å²) in [7, 11) is 0. The minimum atomic E-state index is -1.18. The van der Waals surface area contributed by atoms with Gasteiger partial charge in [0.2, 0.25) is 5.91 Å². The zero-order valence-electron chi connectivity index (χ0n) is 14.9. The van der Waals surface area contributed by atoms with E-state index in [2.05, 4.69) is 17.9 Å². The van der Waals surface area contributed by atoms with Crippen molar-refractivity contribution in [1.82, 2.24) is 5.32 Å². The molecular formula is C16H28N2O6S. The minimum absolute atomic E-state index is 0.00814. The molecule has 0 heterocycles. The van der Waals surface area contributed by atoms with Gasteiger partial charge in [-0.15, -0.1) is 0 Å². The van der Waals surface area contributed by atoms with Crippen LogP contribution in [0.3, 0.4) is 0 Å². The van der Waals surface area contributed by atoms with Crippen LogP contribution in [0.25, 0.3) is 0 Å². The van der Waals surface area contributed by atoms with Crippen LogP contribution in [0.1, 0.15) is 40.0 Å². The van der Waals surface area contributed by atoms with Crippen molar-refractivity contribution < 1.29 is 29.0 Å². The molecule has 9 heteroatoms. The van der Waals surface area contributed by atoms with Crippen LogP contribution in [0.5, 0.6) is 0 Å². The van der Waals surface area contributed by atoms with E-state index in [0.717, 1.165) is 0 Å². The van der Waals surface area contributed by atoms with Crippen LogP contribution < -0.4 is 11.1 Å². The second kappa shape index (κ2) is 11.1. The highest BCUT2D eigenvalue weighted by molar-refractivity contribution is 7.80. The molecule has 0 aliphatic rings. The molecule has 1 amide bonds. The van der Waals surface area contributed by atoms with Crippen LogP contribution in [0.15, 0.2) is 0 Å².